The lowest BCUT2D eigenvalue weighted by Gasteiger charge is -2.47. The van der Waals surface area contributed by atoms with Gasteiger partial charge in [-0.15, -0.1) is 0 Å². The van der Waals surface area contributed by atoms with Crippen LogP contribution in [0.2, 0.25) is 0 Å². The van der Waals surface area contributed by atoms with Crippen molar-refractivity contribution in [3.8, 4) is 0 Å². The van der Waals surface area contributed by atoms with E-state index in [2.05, 4.69) is 0 Å². The second-order valence-electron chi connectivity index (χ2n) is 16.3. The van der Waals surface area contributed by atoms with E-state index in [0.29, 0.717) is 31.2 Å². The molecule has 4 heterocycles. The number of fused-ring (bicyclic) bond motifs is 5. The third-order valence-electron chi connectivity index (χ3n) is 11.0. The molecule has 0 spiro atoms. The van der Waals surface area contributed by atoms with Gasteiger partial charge < -0.3 is 52.5 Å². The molecule has 1 aromatic rings. The first-order chi connectivity index (χ1) is 29.1. The van der Waals surface area contributed by atoms with E-state index in [1.807, 2.05) is 19.9 Å². The van der Waals surface area contributed by atoms with Crippen LogP contribution in [-0.2, 0) is 71.3 Å². The van der Waals surface area contributed by atoms with Crippen LogP contribution in [0.15, 0.2) is 48.1 Å². The van der Waals surface area contributed by atoms with Crippen LogP contribution in [0.25, 0.3) is 6.08 Å². The van der Waals surface area contributed by atoms with Crippen molar-refractivity contribution >= 4 is 35.7 Å². The molecule has 1 N–H and O–H groups in total. The van der Waals surface area contributed by atoms with Gasteiger partial charge in [0.15, 0.2) is 42.5 Å². The molecule has 5 rings (SSSR count). The lowest BCUT2D eigenvalue weighted by atomic mass is 9.96. The van der Waals surface area contributed by atoms with Crippen LogP contribution < -0.4 is 0 Å². The second kappa shape index (κ2) is 22.4. The number of cyclic esters (lactones) is 1. The predicted octanol–water partition coefficient (Wildman–Crippen LogP) is 5.20. The fourth-order valence-electron chi connectivity index (χ4n) is 7.81. The standard InChI is InChI=1S/C45H62O16/c1-8-16-30-19-14-11-15-20-32(54-28(5)46)31(47)22-24-34(48)52-25-33-38(57-35(49)23-21-29-17-12-10-13-18-29)39(58-42(51)26(3)9-2)36(50)43(56-33)59-41-40-37(60-45(6,7)61-40)27(4)53-44(41)55-30/h9-10,12-13,17-18,21,23,27,30,32-33,36-41,43-44,50H,8,11,14-16,19-20,22,24-25H2,1-7H3/b23-21+,26-9+/t27-,30+,32+,33-,36-,37+,38-,39-,40+,41-,43+,44+/m1/s1. The summed E-state index contributed by atoms with van der Waals surface area (Å²) >= 11 is 0. The molecule has 1 aromatic carbocycles. The van der Waals surface area contributed by atoms with Crippen molar-refractivity contribution in [2.75, 3.05) is 6.61 Å². The van der Waals surface area contributed by atoms with Gasteiger partial charge in [-0.1, -0.05) is 62.6 Å². The summed E-state index contributed by atoms with van der Waals surface area (Å²) in [4.78, 5) is 65.2. The first-order valence-corrected chi connectivity index (χ1v) is 21.4. The fourth-order valence-corrected chi connectivity index (χ4v) is 7.81. The monoisotopic (exact) mass is 858 g/mol. The summed E-state index contributed by atoms with van der Waals surface area (Å²) < 4.78 is 61.5. The third kappa shape index (κ3) is 13.5. The molecule has 0 saturated carbocycles. The van der Waals surface area contributed by atoms with E-state index in [1.165, 1.54) is 26.0 Å². The van der Waals surface area contributed by atoms with Gasteiger partial charge in [0.05, 0.1) is 18.6 Å². The van der Waals surface area contributed by atoms with Gasteiger partial charge in [-0.2, -0.15) is 0 Å². The molecule has 4 aliphatic heterocycles. The average molecular weight is 859 g/mol. The summed E-state index contributed by atoms with van der Waals surface area (Å²) in [5, 5.41) is 12.1. The summed E-state index contributed by atoms with van der Waals surface area (Å²) in [5.74, 6) is -4.59. The van der Waals surface area contributed by atoms with E-state index in [1.54, 1.807) is 45.0 Å². The van der Waals surface area contributed by atoms with Gasteiger partial charge in [-0.3, -0.25) is 14.4 Å². The lowest BCUT2D eigenvalue weighted by molar-refractivity contribution is -0.362. The highest BCUT2D eigenvalue weighted by Crippen LogP contribution is 2.41. The van der Waals surface area contributed by atoms with Crippen molar-refractivity contribution in [2.24, 2.45) is 0 Å². The molecule has 4 aliphatic rings. The number of esters is 4. The molecule has 0 aliphatic carbocycles. The number of rotatable bonds is 8. The highest BCUT2D eigenvalue weighted by atomic mass is 16.8. The predicted molar refractivity (Wildman–Crippen MR) is 216 cm³/mol. The second-order valence-corrected chi connectivity index (χ2v) is 16.3. The molecule has 12 atom stereocenters. The molecule has 61 heavy (non-hydrogen) atoms. The number of aliphatic hydroxyl groups excluding tert-OH is 1. The van der Waals surface area contributed by atoms with E-state index in [-0.39, 0.29) is 30.9 Å². The Morgan fingerprint density at radius 2 is 1.57 bits per heavy atom. The summed E-state index contributed by atoms with van der Waals surface area (Å²) in [6, 6.07) is 8.96. The van der Waals surface area contributed by atoms with Crippen LogP contribution in [0.3, 0.4) is 0 Å². The zero-order valence-electron chi connectivity index (χ0n) is 36.2. The van der Waals surface area contributed by atoms with Gasteiger partial charge in [0.25, 0.3) is 0 Å². The molecule has 0 radical (unpaired) electrons. The van der Waals surface area contributed by atoms with E-state index >= 15 is 0 Å². The van der Waals surface area contributed by atoms with Crippen LogP contribution in [0, 0.1) is 0 Å². The number of carbonyl (C=O) groups excluding carboxylic acids is 5. The molecular weight excluding hydrogens is 796 g/mol. The number of ether oxygens (including phenoxy) is 10. The molecular formula is C45H62O16. The lowest BCUT2D eigenvalue weighted by Crippen LogP contribution is -2.65. The molecule has 16 nitrogen and oxygen atoms in total. The van der Waals surface area contributed by atoms with E-state index in [0.717, 1.165) is 18.9 Å². The normalized spacial score (nSPS) is 34.3. The molecule has 4 fully saturated rings. The molecule has 4 saturated heterocycles. The van der Waals surface area contributed by atoms with Crippen LogP contribution in [0.1, 0.15) is 112 Å². The first kappa shape index (κ1) is 48.0. The van der Waals surface area contributed by atoms with Gasteiger partial charge in [0.1, 0.15) is 37.1 Å². The van der Waals surface area contributed by atoms with E-state index in [9.17, 15) is 29.1 Å². The minimum atomic E-state index is -1.79. The summed E-state index contributed by atoms with van der Waals surface area (Å²) in [5.41, 5.74) is 0.896. The van der Waals surface area contributed by atoms with Gasteiger partial charge in [-0.25, -0.2) is 9.59 Å². The molecule has 0 amide bonds. The van der Waals surface area contributed by atoms with Crippen LogP contribution in [-0.4, -0.2) is 121 Å². The van der Waals surface area contributed by atoms with Crippen LogP contribution in [0.4, 0.5) is 0 Å². The van der Waals surface area contributed by atoms with Crippen molar-refractivity contribution in [3.05, 3.63) is 53.6 Å². The van der Waals surface area contributed by atoms with Gasteiger partial charge >= 0.3 is 23.9 Å². The quantitative estimate of drug-likeness (QED) is 0.203. The molecule has 0 unspecified atom stereocenters. The number of benzene rings is 1. The molecule has 2 bridgehead atoms. The molecule has 0 aromatic heterocycles. The molecule has 16 heteroatoms. The van der Waals surface area contributed by atoms with Gasteiger partial charge in [0, 0.05) is 25.0 Å². The zero-order valence-corrected chi connectivity index (χ0v) is 36.2. The number of carbonyl (C=O) groups is 5. The first-order valence-electron chi connectivity index (χ1n) is 21.4. The smallest absolute Gasteiger partial charge is 0.333 e. The maximum absolute atomic E-state index is 13.4. The number of hydrogen-bond acceptors (Lipinski definition) is 16. The Hall–Kier alpha value is -4.03. The topological polar surface area (TPSA) is 198 Å². The van der Waals surface area contributed by atoms with Crippen molar-refractivity contribution in [2.45, 2.75) is 186 Å². The highest BCUT2D eigenvalue weighted by Gasteiger charge is 2.58. The highest BCUT2D eigenvalue weighted by molar-refractivity contribution is 5.89. The third-order valence-corrected chi connectivity index (χ3v) is 11.0. The fraction of sp³-hybridized carbons (Fsp3) is 0.667. The maximum atomic E-state index is 13.4. The zero-order chi connectivity index (χ0) is 44.3. The maximum Gasteiger partial charge on any atom is 0.333 e. The summed E-state index contributed by atoms with van der Waals surface area (Å²) in [7, 11) is 0. The number of hydrogen-bond donors (Lipinski definition) is 1. The largest absolute Gasteiger partial charge is 0.463 e. The van der Waals surface area contributed by atoms with Crippen molar-refractivity contribution < 1.29 is 76.4 Å². The minimum Gasteiger partial charge on any atom is -0.463 e. The van der Waals surface area contributed by atoms with Crippen LogP contribution in [0.5, 0.6) is 0 Å². The van der Waals surface area contributed by atoms with E-state index in [4.69, 9.17) is 47.4 Å². The van der Waals surface area contributed by atoms with Gasteiger partial charge in [-0.05, 0) is 71.9 Å². The number of aliphatic hydroxyl groups is 1. The number of ketones is 1. The Balaban J connectivity index is 1.53. The Morgan fingerprint density at radius 1 is 0.852 bits per heavy atom. The summed E-state index contributed by atoms with van der Waals surface area (Å²) in [6.45, 7) is 11.2. The average Bonchev–Trinajstić information content (AvgIpc) is 3.56. The van der Waals surface area contributed by atoms with Crippen molar-refractivity contribution in [1.82, 2.24) is 0 Å². The Bertz CT molecular complexity index is 1710. The summed E-state index contributed by atoms with van der Waals surface area (Å²) in [6.07, 6.45) is -5.37. The number of allylic oxidation sites excluding steroid dienone is 1. The number of Topliss-reactive ketones (excluding diaryl/α,β-unsaturated/α-hetero) is 1. The van der Waals surface area contributed by atoms with E-state index < -0.39 is 110 Å². The SMILES string of the molecule is C/C=C(\C)C(=O)O[C@@H]1[C@@H](O)[C@@H]2O[C@H]3[C@H](O[C@@H](CCC)CCCCC[C@H](OC(C)=O)C(=O)CCC(=O)OC[C@@H](O2)[C@H]1OC(=O)/C=C/c1ccccc1)O[C@H](C)[C@@H]1OC(C)(C)O[C@@H]13. The van der Waals surface area contributed by atoms with Crippen LogP contribution >= 0.6 is 0 Å². The van der Waals surface area contributed by atoms with Crippen molar-refractivity contribution in [3.63, 3.8) is 0 Å². The molecule has 338 valence electrons. The van der Waals surface area contributed by atoms with Gasteiger partial charge in [0.2, 0.25) is 0 Å². The Labute approximate surface area is 357 Å². The Morgan fingerprint density at radius 3 is 2.28 bits per heavy atom. The minimum absolute atomic E-state index is 0.199. The Kier molecular flexibility index (Phi) is 17.6. The van der Waals surface area contributed by atoms with Crippen molar-refractivity contribution in [1.29, 1.82) is 0 Å².